The molecule has 1 fully saturated rings. The van der Waals surface area contributed by atoms with Gasteiger partial charge in [-0.25, -0.2) is 8.42 Å². The minimum absolute atomic E-state index is 0.0242. The molecular formula is C23H29ClN2O5S. The van der Waals surface area contributed by atoms with Crippen LogP contribution in [0, 0.1) is 0 Å². The maximum absolute atomic E-state index is 13.0. The van der Waals surface area contributed by atoms with Crippen LogP contribution in [0.2, 0.25) is 5.02 Å². The molecule has 3 rings (SSSR count). The number of benzene rings is 2. The Bertz CT molecular complexity index is 1020. The van der Waals surface area contributed by atoms with E-state index in [-0.39, 0.29) is 17.5 Å². The van der Waals surface area contributed by atoms with Crippen molar-refractivity contribution in [1.82, 2.24) is 4.31 Å². The molecule has 0 radical (unpaired) electrons. The van der Waals surface area contributed by atoms with Crippen molar-refractivity contribution in [2.75, 3.05) is 32.7 Å². The van der Waals surface area contributed by atoms with E-state index < -0.39 is 15.9 Å². The molecule has 0 heterocycles. The van der Waals surface area contributed by atoms with Gasteiger partial charge in [0, 0.05) is 25.8 Å². The third kappa shape index (κ3) is 5.81. The number of carbonyl (C=O) groups is 1. The first-order chi connectivity index (χ1) is 15.3. The molecule has 0 aromatic heterocycles. The van der Waals surface area contributed by atoms with Gasteiger partial charge in [-0.1, -0.05) is 36.9 Å². The summed E-state index contributed by atoms with van der Waals surface area (Å²) in [5.74, 6) is -0.0405. The first-order valence-corrected chi connectivity index (χ1v) is 12.5. The standard InChI is InChI=1S/C23H29ClN2O5S/c1-26(18-7-4-3-5-8-18)32(28,29)19-13-11-17(12-14-19)23(27)25-21-10-6-9-20(24)22(21)31-16-15-30-2/h6,9-14,18H,3-5,7-8,15-16H2,1-2H3,(H,25,27). The number of para-hydroxylation sites is 1. The average molecular weight is 481 g/mol. The predicted molar refractivity (Wildman–Crippen MR) is 125 cm³/mol. The van der Waals surface area contributed by atoms with E-state index >= 15 is 0 Å². The van der Waals surface area contributed by atoms with Crippen LogP contribution in [0.1, 0.15) is 42.5 Å². The Balaban J connectivity index is 1.72. The highest BCUT2D eigenvalue weighted by molar-refractivity contribution is 7.89. The minimum atomic E-state index is -3.61. The van der Waals surface area contributed by atoms with E-state index in [1.165, 1.54) is 28.6 Å². The summed E-state index contributed by atoms with van der Waals surface area (Å²) in [6, 6.07) is 11.0. The smallest absolute Gasteiger partial charge is 0.255 e. The molecule has 0 bridgehead atoms. The topological polar surface area (TPSA) is 84.9 Å². The number of hydrogen-bond acceptors (Lipinski definition) is 5. The fourth-order valence-electron chi connectivity index (χ4n) is 3.76. The van der Waals surface area contributed by atoms with E-state index in [1.807, 2.05) is 0 Å². The Morgan fingerprint density at radius 1 is 1.09 bits per heavy atom. The van der Waals surface area contributed by atoms with Crippen molar-refractivity contribution in [3.63, 3.8) is 0 Å². The van der Waals surface area contributed by atoms with Crippen molar-refractivity contribution in [3.05, 3.63) is 53.1 Å². The largest absolute Gasteiger partial charge is 0.487 e. The maximum Gasteiger partial charge on any atom is 0.255 e. The zero-order valence-corrected chi connectivity index (χ0v) is 19.9. The number of anilines is 1. The van der Waals surface area contributed by atoms with Crippen LogP contribution in [-0.4, -0.2) is 52.0 Å². The first-order valence-electron chi connectivity index (χ1n) is 10.6. The van der Waals surface area contributed by atoms with Crippen molar-refractivity contribution in [2.24, 2.45) is 0 Å². The fraction of sp³-hybridized carbons (Fsp3) is 0.435. The summed E-state index contributed by atoms with van der Waals surface area (Å²) in [6.45, 7) is 0.661. The number of hydrogen-bond donors (Lipinski definition) is 1. The number of sulfonamides is 1. The molecule has 2 aromatic rings. The van der Waals surface area contributed by atoms with Crippen LogP contribution in [0.15, 0.2) is 47.4 Å². The second-order valence-corrected chi connectivity index (χ2v) is 10.2. The maximum atomic E-state index is 13.0. The van der Waals surface area contributed by atoms with Gasteiger partial charge in [0.25, 0.3) is 5.91 Å². The number of nitrogens with one attached hydrogen (secondary N) is 1. The van der Waals surface area contributed by atoms with Gasteiger partial charge in [-0.3, -0.25) is 4.79 Å². The van der Waals surface area contributed by atoms with E-state index in [9.17, 15) is 13.2 Å². The third-order valence-corrected chi connectivity index (χ3v) is 7.85. The Hall–Kier alpha value is -2.13. The Morgan fingerprint density at radius 3 is 2.44 bits per heavy atom. The van der Waals surface area contributed by atoms with Crippen LogP contribution in [0.5, 0.6) is 5.75 Å². The summed E-state index contributed by atoms with van der Waals surface area (Å²) >= 11 is 6.21. The molecule has 2 aromatic carbocycles. The number of rotatable bonds is 9. The summed E-state index contributed by atoms with van der Waals surface area (Å²) in [5, 5.41) is 3.14. The molecule has 1 aliphatic rings. The van der Waals surface area contributed by atoms with Crippen LogP contribution in [0.25, 0.3) is 0 Å². The molecule has 0 unspecified atom stereocenters. The molecule has 0 spiro atoms. The van der Waals surface area contributed by atoms with Gasteiger partial charge in [0.1, 0.15) is 6.61 Å². The number of methoxy groups -OCH3 is 1. The Morgan fingerprint density at radius 2 is 1.78 bits per heavy atom. The number of nitrogens with zero attached hydrogens (tertiary/aromatic N) is 1. The van der Waals surface area contributed by atoms with Crippen LogP contribution in [0.4, 0.5) is 5.69 Å². The van der Waals surface area contributed by atoms with Crippen molar-refractivity contribution in [3.8, 4) is 5.75 Å². The molecular weight excluding hydrogens is 452 g/mol. The molecule has 1 N–H and O–H groups in total. The molecule has 0 atom stereocenters. The van der Waals surface area contributed by atoms with Crippen LogP contribution in [-0.2, 0) is 14.8 Å². The number of ether oxygens (including phenoxy) is 2. The van der Waals surface area contributed by atoms with E-state index in [2.05, 4.69) is 5.32 Å². The normalized spacial score (nSPS) is 15.0. The quantitative estimate of drug-likeness (QED) is 0.531. The fourth-order valence-corrected chi connectivity index (χ4v) is 5.41. The van der Waals surface area contributed by atoms with E-state index in [0.717, 1.165) is 32.1 Å². The number of carbonyl (C=O) groups excluding carboxylic acids is 1. The van der Waals surface area contributed by atoms with Gasteiger partial charge in [0.05, 0.1) is 22.2 Å². The van der Waals surface area contributed by atoms with Gasteiger partial charge >= 0.3 is 0 Å². The molecule has 32 heavy (non-hydrogen) atoms. The van der Waals surface area contributed by atoms with Gasteiger partial charge in [-0.05, 0) is 49.2 Å². The van der Waals surface area contributed by atoms with Gasteiger partial charge in [-0.15, -0.1) is 0 Å². The van der Waals surface area contributed by atoms with Gasteiger partial charge in [0.15, 0.2) is 5.75 Å². The number of amides is 1. The van der Waals surface area contributed by atoms with Crippen molar-refractivity contribution < 1.29 is 22.7 Å². The Kier molecular flexibility index (Phi) is 8.53. The molecule has 1 amide bonds. The lowest BCUT2D eigenvalue weighted by molar-refractivity contribution is 0.102. The summed E-state index contributed by atoms with van der Waals surface area (Å²) in [4.78, 5) is 12.9. The predicted octanol–water partition coefficient (Wildman–Crippen LogP) is 4.57. The van der Waals surface area contributed by atoms with Gasteiger partial charge in [-0.2, -0.15) is 4.31 Å². The van der Waals surface area contributed by atoms with Crippen molar-refractivity contribution >= 4 is 33.2 Å². The summed E-state index contributed by atoms with van der Waals surface area (Å²) in [6.07, 6.45) is 5.00. The summed E-state index contributed by atoms with van der Waals surface area (Å²) in [7, 11) is -0.413. The molecule has 9 heteroatoms. The van der Waals surface area contributed by atoms with Crippen LogP contribution < -0.4 is 10.1 Å². The highest BCUT2D eigenvalue weighted by Crippen LogP contribution is 2.33. The highest BCUT2D eigenvalue weighted by atomic mass is 35.5. The summed E-state index contributed by atoms with van der Waals surface area (Å²) in [5.41, 5.74) is 0.749. The molecule has 1 saturated carbocycles. The first kappa shape index (κ1) is 24.5. The highest BCUT2D eigenvalue weighted by Gasteiger charge is 2.29. The average Bonchev–Trinajstić information content (AvgIpc) is 2.81. The number of halogens is 1. The lowest BCUT2D eigenvalue weighted by Crippen LogP contribution is -2.38. The summed E-state index contributed by atoms with van der Waals surface area (Å²) < 4.78 is 38.1. The zero-order valence-electron chi connectivity index (χ0n) is 18.3. The van der Waals surface area contributed by atoms with Crippen LogP contribution in [0.3, 0.4) is 0 Å². The van der Waals surface area contributed by atoms with E-state index in [1.54, 1.807) is 32.4 Å². The van der Waals surface area contributed by atoms with Gasteiger partial charge in [0.2, 0.25) is 10.0 Å². The van der Waals surface area contributed by atoms with E-state index in [0.29, 0.717) is 28.6 Å². The van der Waals surface area contributed by atoms with Crippen LogP contribution >= 0.6 is 11.6 Å². The lowest BCUT2D eigenvalue weighted by Gasteiger charge is -2.30. The Labute approximate surface area is 194 Å². The second-order valence-electron chi connectivity index (χ2n) is 7.75. The molecule has 174 valence electrons. The second kappa shape index (κ2) is 11.1. The molecule has 0 aliphatic heterocycles. The minimum Gasteiger partial charge on any atom is -0.487 e. The van der Waals surface area contributed by atoms with Crippen molar-refractivity contribution in [1.29, 1.82) is 0 Å². The lowest BCUT2D eigenvalue weighted by atomic mass is 9.96. The molecule has 1 aliphatic carbocycles. The van der Waals surface area contributed by atoms with Crippen molar-refractivity contribution in [2.45, 2.75) is 43.0 Å². The molecule has 7 nitrogen and oxygen atoms in total. The SMILES string of the molecule is COCCOc1c(Cl)cccc1NC(=O)c1ccc(S(=O)(=O)N(C)C2CCCCC2)cc1. The zero-order chi connectivity index (χ0) is 23.1. The van der Waals surface area contributed by atoms with E-state index in [4.69, 9.17) is 21.1 Å². The molecule has 0 saturated heterocycles. The monoisotopic (exact) mass is 480 g/mol. The van der Waals surface area contributed by atoms with Gasteiger partial charge < -0.3 is 14.8 Å². The third-order valence-electron chi connectivity index (χ3n) is 5.63.